The molecule has 1 aliphatic rings. The van der Waals surface area contributed by atoms with Gasteiger partial charge in [-0.3, -0.25) is 0 Å². The molecule has 0 saturated heterocycles. The Hall–Kier alpha value is -1.39. The number of nitrogens with zero attached hydrogens (tertiary/aromatic N) is 2. The Bertz CT molecular complexity index is 591. The van der Waals surface area contributed by atoms with Crippen molar-refractivity contribution in [1.29, 1.82) is 0 Å². The van der Waals surface area contributed by atoms with E-state index in [1.165, 1.54) is 29.0 Å². The van der Waals surface area contributed by atoms with E-state index in [0.29, 0.717) is 5.92 Å². The maximum atomic E-state index is 4.64. The molecule has 0 radical (unpaired) electrons. The minimum absolute atomic E-state index is 0.686. The highest BCUT2D eigenvalue weighted by Crippen LogP contribution is 2.35. The molecule has 0 amide bonds. The van der Waals surface area contributed by atoms with Gasteiger partial charge in [0.05, 0.1) is 0 Å². The molecule has 112 valence electrons. The summed E-state index contributed by atoms with van der Waals surface area (Å²) in [5.41, 5.74) is 2.78. The lowest BCUT2D eigenvalue weighted by atomic mass is 10.0. The van der Waals surface area contributed by atoms with Gasteiger partial charge in [0, 0.05) is 29.9 Å². The van der Waals surface area contributed by atoms with Gasteiger partial charge >= 0.3 is 0 Å². The number of hydrogen-bond donors (Lipinski definition) is 1. The van der Waals surface area contributed by atoms with E-state index in [1.807, 2.05) is 6.20 Å². The van der Waals surface area contributed by atoms with Crippen LogP contribution in [0.25, 0.3) is 0 Å². The van der Waals surface area contributed by atoms with Crippen molar-refractivity contribution in [2.45, 2.75) is 33.2 Å². The fourth-order valence-corrected chi connectivity index (χ4v) is 3.64. The molecule has 3 nitrogen and oxygen atoms in total. The summed E-state index contributed by atoms with van der Waals surface area (Å²) in [6.07, 6.45) is 4.41. The summed E-state index contributed by atoms with van der Waals surface area (Å²) in [6.45, 7) is 7.51. The van der Waals surface area contributed by atoms with E-state index in [9.17, 15) is 0 Å². The van der Waals surface area contributed by atoms with E-state index >= 15 is 0 Å². The summed E-state index contributed by atoms with van der Waals surface area (Å²) >= 11 is 1.81. The second-order valence-corrected chi connectivity index (χ2v) is 7.11. The molecule has 0 bridgehead atoms. The lowest BCUT2D eigenvalue weighted by Crippen LogP contribution is -2.24. The van der Waals surface area contributed by atoms with E-state index < -0.39 is 0 Å². The quantitative estimate of drug-likeness (QED) is 0.905. The number of thiazole rings is 1. The van der Waals surface area contributed by atoms with Crippen LogP contribution in [0.3, 0.4) is 0 Å². The summed E-state index contributed by atoms with van der Waals surface area (Å²) in [5, 5.41) is 4.62. The van der Waals surface area contributed by atoms with Gasteiger partial charge in [0.2, 0.25) is 0 Å². The Morgan fingerprint density at radius 2 is 2.19 bits per heavy atom. The van der Waals surface area contributed by atoms with Crippen molar-refractivity contribution in [3.63, 3.8) is 0 Å². The van der Waals surface area contributed by atoms with Gasteiger partial charge in [-0.2, -0.15) is 0 Å². The van der Waals surface area contributed by atoms with Crippen molar-refractivity contribution >= 4 is 22.2 Å². The van der Waals surface area contributed by atoms with Crippen LogP contribution in [0.4, 0.5) is 10.8 Å². The third kappa shape index (κ3) is 3.44. The van der Waals surface area contributed by atoms with Crippen molar-refractivity contribution in [3.8, 4) is 0 Å². The smallest absolute Gasteiger partial charge is 0.190 e. The van der Waals surface area contributed by atoms with E-state index in [2.05, 4.69) is 53.3 Å². The van der Waals surface area contributed by atoms with Gasteiger partial charge in [0.15, 0.2) is 5.13 Å². The molecule has 21 heavy (non-hydrogen) atoms. The van der Waals surface area contributed by atoms with Crippen LogP contribution in [0.5, 0.6) is 0 Å². The molecule has 4 heteroatoms. The molecular weight excluding hydrogens is 278 g/mol. The number of hydrogen-bond acceptors (Lipinski definition) is 4. The third-order valence-corrected chi connectivity index (χ3v) is 4.75. The standard InChI is InChI=1S/C17H23N3S/c1-13(2)10-18-11-15-12-19-17(21-15)20-9-5-7-14-6-3-4-8-16(14)20/h3-4,6,8,12-13,18H,5,7,9-11H2,1-2H3. The predicted octanol–water partition coefficient (Wildman–Crippen LogP) is 3.97. The molecule has 3 rings (SSSR count). The first-order valence-corrected chi connectivity index (χ1v) is 8.56. The average Bonchev–Trinajstić information content (AvgIpc) is 2.95. The van der Waals surface area contributed by atoms with Crippen molar-refractivity contribution in [2.75, 3.05) is 18.0 Å². The maximum Gasteiger partial charge on any atom is 0.190 e. The molecule has 1 N–H and O–H groups in total. The van der Waals surface area contributed by atoms with Gasteiger partial charge in [0.25, 0.3) is 0 Å². The zero-order valence-electron chi connectivity index (χ0n) is 12.8. The zero-order valence-corrected chi connectivity index (χ0v) is 13.6. The molecule has 0 unspecified atom stereocenters. The lowest BCUT2D eigenvalue weighted by Gasteiger charge is -2.28. The van der Waals surface area contributed by atoms with Crippen LogP contribution in [0.15, 0.2) is 30.5 Å². The number of nitrogens with one attached hydrogen (secondary N) is 1. The maximum absolute atomic E-state index is 4.64. The Labute approximate surface area is 131 Å². The summed E-state index contributed by atoms with van der Waals surface area (Å²) in [5.74, 6) is 0.686. The highest BCUT2D eigenvalue weighted by Gasteiger charge is 2.20. The molecule has 0 fully saturated rings. The summed E-state index contributed by atoms with van der Waals surface area (Å²) in [6, 6.07) is 8.70. The zero-order chi connectivity index (χ0) is 14.7. The van der Waals surface area contributed by atoms with Crippen LogP contribution < -0.4 is 10.2 Å². The average molecular weight is 301 g/mol. The molecule has 1 aromatic heterocycles. The van der Waals surface area contributed by atoms with E-state index in [1.54, 1.807) is 11.3 Å². The van der Waals surface area contributed by atoms with Crippen LogP contribution in [-0.4, -0.2) is 18.1 Å². The molecule has 0 spiro atoms. The number of fused-ring (bicyclic) bond motifs is 1. The normalized spacial score (nSPS) is 14.5. The highest BCUT2D eigenvalue weighted by atomic mass is 32.1. The van der Waals surface area contributed by atoms with Crippen molar-refractivity contribution in [1.82, 2.24) is 10.3 Å². The monoisotopic (exact) mass is 301 g/mol. The van der Waals surface area contributed by atoms with Gasteiger partial charge in [-0.05, 0) is 36.9 Å². The number of aromatic nitrogens is 1. The van der Waals surface area contributed by atoms with Gasteiger partial charge in [0.1, 0.15) is 0 Å². The Morgan fingerprint density at radius 1 is 1.33 bits per heavy atom. The molecule has 1 aromatic carbocycles. The molecule has 1 aliphatic heterocycles. The Kier molecular flexibility index (Phi) is 4.56. The number of anilines is 2. The lowest BCUT2D eigenvalue weighted by molar-refractivity contribution is 0.554. The summed E-state index contributed by atoms with van der Waals surface area (Å²) in [7, 11) is 0. The van der Waals surface area contributed by atoms with Crippen LogP contribution in [0, 0.1) is 5.92 Å². The predicted molar refractivity (Wildman–Crippen MR) is 90.4 cm³/mol. The minimum Gasteiger partial charge on any atom is -0.318 e. The topological polar surface area (TPSA) is 28.2 Å². The molecule has 0 atom stereocenters. The first-order chi connectivity index (χ1) is 10.2. The largest absolute Gasteiger partial charge is 0.318 e. The summed E-state index contributed by atoms with van der Waals surface area (Å²) < 4.78 is 0. The van der Waals surface area contributed by atoms with Gasteiger partial charge in [-0.25, -0.2) is 4.98 Å². The molecule has 0 saturated carbocycles. The minimum atomic E-state index is 0.686. The van der Waals surface area contributed by atoms with Crippen LogP contribution in [0.2, 0.25) is 0 Å². The SMILES string of the molecule is CC(C)CNCc1cnc(N2CCCc3ccccc32)s1. The Morgan fingerprint density at radius 3 is 3.05 bits per heavy atom. The second-order valence-electron chi connectivity index (χ2n) is 6.02. The third-order valence-electron chi connectivity index (χ3n) is 3.73. The number of aryl methyl sites for hydroxylation is 1. The first-order valence-electron chi connectivity index (χ1n) is 7.75. The fraction of sp³-hybridized carbons (Fsp3) is 0.471. The van der Waals surface area contributed by atoms with Crippen molar-refractivity contribution in [2.24, 2.45) is 5.92 Å². The number of para-hydroxylation sites is 1. The number of rotatable bonds is 5. The van der Waals surface area contributed by atoms with Gasteiger partial charge in [-0.1, -0.05) is 32.0 Å². The van der Waals surface area contributed by atoms with Crippen LogP contribution in [-0.2, 0) is 13.0 Å². The van der Waals surface area contributed by atoms with Crippen molar-refractivity contribution < 1.29 is 0 Å². The van der Waals surface area contributed by atoms with Crippen LogP contribution >= 0.6 is 11.3 Å². The van der Waals surface area contributed by atoms with Gasteiger partial charge < -0.3 is 10.2 Å². The summed E-state index contributed by atoms with van der Waals surface area (Å²) in [4.78, 5) is 8.33. The highest BCUT2D eigenvalue weighted by molar-refractivity contribution is 7.15. The second kappa shape index (κ2) is 6.58. The van der Waals surface area contributed by atoms with Gasteiger partial charge in [-0.15, -0.1) is 11.3 Å². The molecule has 0 aliphatic carbocycles. The van der Waals surface area contributed by atoms with Crippen molar-refractivity contribution in [3.05, 3.63) is 40.9 Å². The first kappa shape index (κ1) is 14.5. The van der Waals surface area contributed by atoms with E-state index in [4.69, 9.17) is 0 Å². The Balaban J connectivity index is 1.72. The number of benzene rings is 1. The van der Waals surface area contributed by atoms with Crippen LogP contribution in [0.1, 0.15) is 30.7 Å². The molecule has 2 aromatic rings. The molecule has 2 heterocycles. The van der Waals surface area contributed by atoms with E-state index in [0.717, 1.165) is 24.8 Å². The fourth-order valence-electron chi connectivity index (χ4n) is 2.72. The molecular formula is C17H23N3S. The van der Waals surface area contributed by atoms with E-state index in [-0.39, 0.29) is 0 Å².